The van der Waals surface area contributed by atoms with Crippen molar-refractivity contribution in [2.24, 2.45) is 5.92 Å². The lowest BCUT2D eigenvalue weighted by molar-refractivity contribution is -0.131. The largest absolute Gasteiger partial charge is 0.497 e. The highest BCUT2D eigenvalue weighted by molar-refractivity contribution is 5.94. The number of piperidine rings is 1. The molecule has 0 spiro atoms. The van der Waals surface area contributed by atoms with Crippen LogP contribution in [0.2, 0.25) is 0 Å². The zero-order valence-electron chi connectivity index (χ0n) is 17.6. The van der Waals surface area contributed by atoms with Gasteiger partial charge in [0.1, 0.15) is 17.9 Å². The predicted octanol–water partition coefficient (Wildman–Crippen LogP) is 2.19. The number of carbonyl (C=O) groups is 3. The Balaban J connectivity index is 1.68. The molecule has 0 unspecified atom stereocenters. The summed E-state index contributed by atoms with van der Waals surface area (Å²) in [6, 6.07) is 6.97. The molecule has 1 heterocycles. The number of likely N-dealkylation sites (tertiary alicyclic amines) is 1. The SMILES string of the molecule is COc1ccc(C(=O)NCC2CCN(C(=O)CNC(=O)OC(C)(C)C)CC2)cc1. The van der Waals surface area contributed by atoms with Crippen LogP contribution in [0.4, 0.5) is 4.79 Å². The molecule has 1 aliphatic rings. The van der Waals surface area contributed by atoms with Crippen LogP contribution in [-0.2, 0) is 9.53 Å². The van der Waals surface area contributed by atoms with E-state index in [-0.39, 0.29) is 18.4 Å². The number of nitrogens with zero attached hydrogens (tertiary/aromatic N) is 1. The minimum Gasteiger partial charge on any atom is -0.497 e. The minimum atomic E-state index is -0.596. The maximum atomic E-state index is 12.3. The maximum absolute atomic E-state index is 12.3. The first-order chi connectivity index (χ1) is 13.7. The summed E-state index contributed by atoms with van der Waals surface area (Å²) >= 11 is 0. The molecule has 0 bridgehead atoms. The van der Waals surface area contributed by atoms with Crippen LogP contribution in [0.5, 0.6) is 5.75 Å². The number of hydrogen-bond acceptors (Lipinski definition) is 5. The average Bonchev–Trinajstić information content (AvgIpc) is 2.69. The molecule has 2 N–H and O–H groups in total. The summed E-state index contributed by atoms with van der Waals surface area (Å²) in [6.45, 7) is 7.03. The highest BCUT2D eigenvalue weighted by atomic mass is 16.6. The van der Waals surface area contributed by atoms with E-state index in [0.29, 0.717) is 36.9 Å². The van der Waals surface area contributed by atoms with Crippen molar-refractivity contribution in [3.63, 3.8) is 0 Å². The van der Waals surface area contributed by atoms with E-state index in [1.807, 2.05) is 0 Å². The van der Waals surface area contributed by atoms with E-state index in [4.69, 9.17) is 9.47 Å². The number of rotatable bonds is 6. The van der Waals surface area contributed by atoms with E-state index in [1.54, 1.807) is 57.0 Å². The van der Waals surface area contributed by atoms with Gasteiger partial charge in [-0.3, -0.25) is 9.59 Å². The summed E-state index contributed by atoms with van der Waals surface area (Å²) in [5.74, 6) is 0.782. The smallest absolute Gasteiger partial charge is 0.408 e. The molecule has 0 aromatic heterocycles. The third-order valence-electron chi connectivity index (χ3n) is 4.65. The van der Waals surface area contributed by atoms with Crippen LogP contribution in [-0.4, -0.2) is 61.7 Å². The molecule has 29 heavy (non-hydrogen) atoms. The van der Waals surface area contributed by atoms with Crippen molar-refractivity contribution in [2.75, 3.05) is 33.3 Å². The van der Waals surface area contributed by atoms with Gasteiger partial charge in [-0.25, -0.2) is 4.79 Å². The van der Waals surface area contributed by atoms with Gasteiger partial charge in [0.25, 0.3) is 5.91 Å². The molecular weight excluding hydrogens is 374 g/mol. The standard InChI is InChI=1S/C21H31N3O5/c1-21(2,3)29-20(27)23-14-18(25)24-11-9-15(10-12-24)13-22-19(26)16-5-7-17(28-4)8-6-16/h5-8,15H,9-14H2,1-4H3,(H,22,26)(H,23,27). The number of carbonyl (C=O) groups excluding carboxylic acids is 3. The molecular formula is C21H31N3O5. The first-order valence-corrected chi connectivity index (χ1v) is 9.85. The second kappa shape index (κ2) is 10.1. The fraction of sp³-hybridized carbons (Fsp3) is 0.571. The predicted molar refractivity (Wildman–Crippen MR) is 109 cm³/mol. The summed E-state index contributed by atoms with van der Waals surface area (Å²) in [5.41, 5.74) is -0.00603. The van der Waals surface area contributed by atoms with E-state index >= 15 is 0 Å². The normalized spacial score (nSPS) is 14.8. The lowest BCUT2D eigenvalue weighted by atomic mass is 9.96. The average molecular weight is 405 g/mol. The second-order valence-corrected chi connectivity index (χ2v) is 8.12. The molecule has 1 saturated heterocycles. The van der Waals surface area contributed by atoms with E-state index in [0.717, 1.165) is 12.8 Å². The topological polar surface area (TPSA) is 97.0 Å². The van der Waals surface area contributed by atoms with Crippen LogP contribution in [0, 0.1) is 5.92 Å². The number of hydrogen-bond donors (Lipinski definition) is 2. The van der Waals surface area contributed by atoms with Crippen LogP contribution in [0.1, 0.15) is 44.0 Å². The summed E-state index contributed by atoms with van der Waals surface area (Å²) in [6.07, 6.45) is 1.02. The quantitative estimate of drug-likeness (QED) is 0.756. The molecule has 1 aromatic rings. The van der Waals surface area contributed by atoms with Gasteiger partial charge in [0, 0.05) is 25.2 Å². The highest BCUT2D eigenvalue weighted by Crippen LogP contribution is 2.17. The second-order valence-electron chi connectivity index (χ2n) is 8.12. The fourth-order valence-corrected chi connectivity index (χ4v) is 3.04. The van der Waals surface area contributed by atoms with Gasteiger partial charge in [-0.2, -0.15) is 0 Å². The van der Waals surface area contributed by atoms with E-state index in [1.165, 1.54) is 0 Å². The van der Waals surface area contributed by atoms with Crippen LogP contribution < -0.4 is 15.4 Å². The van der Waals surface area contributed by atoms with Gasteiger partial charge in [0.2, 0.25) is 5.91 Å². The lowest BCUT2D eigenvalue weighted by Crippen LogP contribution is -2.46. The van der Waals surface area contributed by atoms with Gasteiger partial charge in [-0.15, -0.1) is 0 Å². The molecule has 2 rings (SSSR count). The van der Waals surface area contributed by atoms with E-state index in [2.05, 4.69) is 10.6 Å². The van der Waals surface area contributed by atoms with Crippen molar-refractivity contribution < 1.29 is 23.9 Å². The number of ether oxygens (including phenoxy) is 2. The molecule has 1 aromatic carbocycles. The Labute approximate surface area is 171 Å². The van der Waals surface area contributed by atoms with Crippen molar-refractivity contribution >= 4 is 17.9 Å². The van der Waals surface area contributed by atoms with E-state index < -0.39 is 11.7 Å². The summed E-state index contributed by atoms with van der Waals surface area (Å²) < 4.78 is 10.2. The third kappa shape index (κ3) is 7.63. The van der Waals surface area contributed by atoms with E-state index in [9.17, 15) is 14.4 Å². The highest BCUT2D eigenvalue weighted by Gasteiger charge is 2.24. The zero-order valence-corrected chi connectivity index (χ0v) is 17.6. The molecule has 160 valence electrons. The third-order valence-corrected chi connectivity index (χ3v) is 4.65. The molecule has 0 saturated carbocycles. The van der Waals surface area contributed by atoms with Gasteiger partial charge in [-0.05, 0) is 63.8 Å². The van der Waals surface area contributed by atoms with Crippen molar-refractivity contribution in [2.45, 2.75) is 39.2 Å². The maximum Gasteiger partial charge on any atom is 0.408 e. The summed E-state index contributed by atoms with van der Waals surface area (Å²) in [7, 11) is 1.58. The Morgan fingerprint density at radius 2 is 1.69 bits per heavy atom. The molecule has 0 aliphatic carbocycles. The molecule has 0 radical (unpaired) electrons. The molecule has 1 aliphatic heterocycles. The van der Waals surface area contributed by atoms with Crippen LogP contribution in [0.25, 0.3) is 0 Å². The number of alkyl carbamates (subject to hydrolysis) is 1. The van der Waals surface area contributed by atoms with Crippen LogP contribution in [0.3, 0.4) is 0 Å². The van der Waals surface area contributed by atoms with Crippen molar-refractivity contribution in [1.82, 2.24) is 15.5 Å². The molecule has 3 amide bonds. The zero-order chi connectivity index (χ0) is 21.4. The first kappa shape index (κ1) is 22.5. The Hall–Kier alpha value is -2.77. The Morgan fingerprint density at radius 3 is 2.24 bits per heavy atom. The minimum absolute atomic E-state index is 0.0756. The molecule has 1 fully saturated rings. The van der Waals surface area contributed by atoms with Gasteiger partial charge >= 0.3 is 6.09 Å². The number of amides is 3. The van der Waals surface area contributed by atoms with Crippen molar-refractivity contribution in [3.05, 3.63) is 29.8 Å². The first-order valence-electron chi connectivity index (χ1n) is 9.85. The molecule has 0 atom stereocenters. The van der Waals surface area contributed by atoms with Gasteiger partial charge < -0.3 is 25.0 Å². The van der Waals surface area contributed by atoms with Crippen molar-refractivity contribution in [3.8, 4) is 5.75 Å². The van der Waals surface area contributed by atoms with Gasteiger partial charge in [-0.1, -0.05) is 0 Å². The lowest BCUT2D eigenvalue weighted by Gasteiger charge is -2.32. The summed E-state index contributed by atoms with van der Waals surface area (Å²) in [5, 5.41) is 5.45. The summed E-state index contributed by atoms with van der Waals surface area (Å²) in [4.78, 5) is 37.9. The fourth-order valence-electron chi connectivity index (χ4n) is 3.04. The molecule has 8 nitrogen and oxygen atoms in total. The number of methoxy groups -OCH3 is 1. The van der Waals surface area contributed by atoms with Gasteiger partial charge in [0.15, 0.2) is 0 Å². The van der Waals surface area contributed by atoms with Crippen LogP contribution in [0.15, 0.2) is 24.3 Å². The van der Waals surface area contributed by atoms with Crippen LogP contribution >= 0.6 is 0 Å². The Bertz CT molecular complexity index is 704. The van der Waals surface area contributed by atoms with Gasteiger partial charge in [0.05, 0.1) is 7.11 Å². The number of nitrogens with one attached hydrogen (secondary N) is 2. The Morgan fingerprint density at radius 1 is 1.07 bits per heavy atom. The molecule has 8 heteroatoms. The number of benzene rings is 1. The Kier molecular flexibility index (Phi) is 7.87. The monoisotopic (exact) mass is 405 g/mol. The van der Waals surface area contributed by atoms with Crippen molar-refractivity contribution in [1.29, 1.82) is 0 Å².